The van der Waals surface area contributed by atoms with Crippen LogP contribution in [0.3, 0.4) is 0 Å². The molecule has 0 unspecified atom stereocenters. The molecule has 90 valence electrons. The zero-order valence-corrected chi connectivity index (χ0v) is 9.28. The van der Waals surface area contributed by atoms with Crippen molar-refractivity contribution >= 4 is 11.7 Å². The average molecular weight is 236 g/mol. The second-order valence-electron chi connectivity index (χ2n) is 3.49. The van der Waals surface area contributed by atoms with Crippen molar-refractivity contribution in [3.05, 3.63) is 29.6 Å². The summed E-state index contributed by atoms with van der Waals surface area (Å²) in [5, 5.41) is 8.30. The summed E-state index contributed by atoms with van der Waals surface area (Å²) in [5.74, 6) is -1.40. The van der Waals surface area contributed by atoms with Gasteiger partial charge in [0, 0.05) is 12.1 Å². The lowest BCUT2D eigenvalue weighted by atomic mass is 10.2. The normalized spacial score (nSPS) is 9.65. The average Bonchev–Trinajstić information content (AvgIpc) is 2.28. The first-order chi connectivity index (χ1) is 8.15. The van der Waals surface area contributed by atoms with Gasteiger partial charge in [-0.3, -0.25) is 0 Å². The fourth-order valence-electron chi connectivity index (χ4n) is 1.25. The van der Waals surface area contributed by atoms with Crippen LogP contribution in [-0.2, 0) is 4.74 Å². The van der Waals surface area contributed by atoms with Crippen molar-refractivity contribution in [1.82, 2.24) is 0 Å². The van der Waals surface area contributed by atoms with Crippen LogP contribution in [0.15, 0.2) is 18.2 Å². The Bertz CT molecular complexity index is 441. The number of hydrogen-bond acceptors (Lipinski definition) is 4. The summed E-state index contributed by atoms with van der Waals surface area (Å²) in [5.41, 5.74) is 5.49. The molecule has 0 aliphatic carbocycles. The van der Waals surface area contributed by atoms with E-state index < -0.39 is 11.8 Å². The van der Waals surface area contributed by atoms with E-state index in [0.29, 0.717) is 19.3 Å². The van der Waals surface area contributed by atoms with Gasteiger partial charge in [-0.15, -0.1) is 0 Å². The van der Waals surface area contributed by atoms with Gasteiger partial charge in [0.2, 0.25) is 0 Å². The van der Waals surface area contributed by atoms with Crippen LogP contribution in [0, 0.1) is 17.1 Å². The molecule has 5 heteroatoms. The molecule has 0 amide bonds. The lowest BCUT2D eigenvalue weighted by Crippen LogP contribution is -2.09. The first-order valence-electron chi connectivity index (χ1n) is 5.24. The number of benzene rings is 1. The highest BCUT2D eigenvalue weighted by Gasteiger charge is 2.12. The molecule has 0 heterocycles. The van der Waals surface area contributed by atoms with Gasteiger partial charge in [-0.2, -0.15) is 5.26 Å². The zero-order chi connectivity index (χ0) is 12.7. The molecule has 0 bridgehead atoms. The molecule has 4 nitrogen and oxygen atoms in total. The number of halogens is 1. The summed E-state index contributed by atoms with van der Waals surface area (Å²) in [7, 11) is 0. The van der Waals surface area contributed by atoms with Crippen LogP contribution in [0.5, 0.6) is 0 Å². The standard InChI is InChI=1S/C12H13FN2O2/c13-11-8-9(15)4-5-10(11)12(16)17-7-3-1-2-6-14/h4-5,8H,1-3,7,15H2. The van der Waals surface area contributed by atoms with Gasteiger partial charge in [0.25, 0.3) is 0 Å². The first kappa shape index (κ1) is 13.0. The largest absolute Gasteiger partial charge is 0.462 e. The molecule has 1 aromatic rings. The lowest BCUT2D eigenvalue weighted by Gasteiger charge is -2.05. The van der Waals surface area contributed by atoms with E-state index in [1.807, 2.05) is 6.07 Å². The molecular formula is C12H13FN2O2. The molecule has 0 aromatic heterocycles. The van der Waals surface area contributed by atoms with Crippen molar-refractivity contribution in [1.29, 1.82) is 5.26 Å². The van der Waals surface area contributed by atoms with Gasteiger partial charge in [-0.25, -0.2) is 9.18 Å². The van der Waals surface area contributed by atoms with Crippen molar-refractivity contribution in [2.45, 2.75) is 19.3 Å². The second kappa shape index (κ2) is 6.48. The summed E-state index contributed by atoms with van der Waals surface area (Å²) < 4.78 is 18.2. The molecule has 0 atom stereocenters. The van der Waals surface area contributed by atoms with E-state index in [1.54, 1.807) is 0 Å². The lowest BCUT2D eigenvalue weighted by molar-refractivity contribution is 0.0493. The summed E-state index contributed by atoms with van der Waals surface area (Å²) in [6, 6.07) is 5.80. The Morgan fingerprint density at radius 1 is 1.47 bits per heavy atom. The summed E-state index contributed by atoms with van der Waals surface area (Å²) in [6.07, 6.45) is 1.68. The molecule has 0 saturated carbocycles. The van der Waals surface area contributed by atoms with Gasteiger partial charge >= 0.3 is 5.97 Å². The van der Waals surface area contributed by atoms with Gasteiger partial charge in [0.05, 0.1) is 18.2 Å². The van der Waals surface area contributed by atoms with E-state index in [0.717, 1.165) is 6.07 Å². The van der Waals surface area contributed by atoms with E-state index in [9.17, 15) is 9.18 Å². The van der Waals surface area contributed by atoms with Gasteiger partial charge in [-0.05, 0) is 31.0 Å². The Kier molecular flexibility index (Phi) is 4.95. The number of ether oxygens (including phenoxy) is 1. The van der Waals surface area contributed by atoms with Crippen LogP contribution >= 0.6 is 0 Å². The Morgan fingerprint density at radius 3 is 2.88 bits per heavy atom. The van der Waals surface area contributed by atoms with Crippen molar-refractivity contribution < 1.29 is 13.9 Å². The Morgan fingerprint density at radius 2 is 2.24 bits per heavy atom. The maximum absolute atomic E-state index is 13.3. The van der Waals surface area contributed by atoms with Crippen molar-refractivity contribution in [2.75, 3.05) is 12.3 Å². The number of esters is 1. The SMILES string of the molecule is N#CCCCCOC(=O)c1ccc(N)cc1F. The zero-order valence-electron chi connectivity index (χ0n) is 9.28. The number of nitrogens with zero attached hydrogens (tertiary/aromatic N) is 1. The van der Waals surface area contributed by atoms with E-state index >= 15 is 0 Å². The molecular weight excluding hydrogens is 223 g/mol. The highest BCUT2D eigenvalue weighted by atomic mass is 19.1. The maximum Gasteiger partial charge on any atom is 0.341 e. The number of nitriles is 1. The van der Waals surface area contributed by atoms with Crippen molar-refractivity contribution in [2.24, 2.45) is 0 Å². The summed E-state index contributed by atoms with van der Waals surface area (Å²) >= 11 is 0. The fraction of sp³-hybridized carbons (Fsp3) is 0.333. The van der Waals surface area contributed by atoms with Crippen LogP contribution < -0.4 is 5.73 Å². The minimum absolute atomic E-state index is 0.125. The van der Waals surface area contributed by atoms with E-state index in [4.69, 9.17) is 15.7 Å². The third-order valence-corrected chi connectivity index (χ3v) is 2.13. The number of carbonyl (C=O) groups is 1. The van der Waals surface area contributed by atoms with Gasteiger partial charge in [-0.1, -0.05) is 0 Å². The van der Waals surface area contributed by atoms with Gasteiger partial charge < -0.3 is 10.5 Å². The smallest absolute Gasteiger partial charge is 0.341 e. The Hall–Kier alpha value is -2.09. The number of hydrogen-bond donors (Lipinski definition) is 1. The summed E-state index contributed by atoms with van der Waals surface area (Å²) in [6.45, 7) is 0.185. The summed E-state index contributed by atoms with van der Waals surface area (Å²) in [4.78, 5) is 11.4. The van der Waals surface area contributed by atoms with Gasteiger partial charge in [0.1, 0.15) is 5.82 Å². The Labute approximate surface area is 98.8 Å². The number of unbranched alkanes of at least 4 members (excludes halogenated alkanes) is 2. The minimum atomic E-state index is -0.709. The first-order valence-corrected chi connectivity index (χ1v) is 5.24. The number of carbonyl (C=O) groups excluding carboxylic acids is 1. The van der Waals surface area contributed by atoms with Crippen molar-refractivity contribution in [3.8, 4) is 6.07 Å². The molecule has 0 fully saturated rings. The molecule has 0 spiro atoms. The molecule has 0 radical (unpaired) electrons. The van der Waals surface area contributed by atoms with E-state index in [1.165, 1.54) is 12.1 Å². The third-order valence-electron chi connectivity index (χ3n) is 2.13. The predicted molar refractivity (Wildman–Crippen MR) is 60.6 cm³/mol. The van der Waals surface area contributed by atoms with Crippen LogP contribution in [0.25, 0.3) is 0 Å². The molecule has 0 aliphatic heterocycles. The highest BCUT2D eigenvalue weighted by Crippen LogP contribution is 2.13. The molecule has 1 rings (SSSR count). The fourth-order valence-corrected chi connectivity index (χ4v) is 1.25. The number of rotatable bonds is 5. The van der Waals surface area contributed by atoms with E-state index in [-0.39, 0.29) is 17.9 Å². The van der Waals surface area contributed by atoms with Crippen LogP contribution in [-0.4, -0.2) is 12.6 Å². The predicted octanol–water partition coefficient (Wildman–Crippen LogP) is 2.26. The number of nitrogens with two attached hydrogens (primary N) is 1. The molecule has 0 saturated heterocycles. The molecule has 0 aliphatic rings. The minimum Gasteiger partial charge on any atom is -0.462 e. The topological polar surface area (TPSA) is 76.1 Å². The third kappa shape index (κ3) is 4.11. The monoisotopic (exact) mass is 236 g/mol. The van der Waals surface area contributed by atoms with Crippen LogP contribution in [0.2, 0.25) is 0 Å². The number of anilines is 1. The maximum atomic E-state index is 13.3. The molecule has 2 N–H and O–H groups in total. The Balaban J connectivity index is 2.45. The van der Waals surface area contributed by atoms with E-state index in [2.05, 4.69) is 0 Å². The number of nitrogen functional groups attached to an aromatic ring is 1. The quantitative estimate of drug-likeness (QED) is 0.483. The van der Waals surface area contributed by atoms with Crippen molar-refractivity contribution in [3.63, 3.8) is 0 Å². The molecule has 17 heavy (non-hydrogen) atoms. The van der Waals surface area contributed by atoms with Gasteiger partial charge in [0.15, 0.2) is 0 Å². The van der Waals surface area contributed by atoms with Crippen LogP contribution in [0.1, 0.15) is 29.6 Å². The second-order valence-corrected chi connectivity index (χ2v) is 3.49. The molecule has 1 aromatic carbocycles. The highest BCUT2D eigenvalue weighted by molar-refractivity contribution is 5.90. The van der Waals surface area contributed by atoms with Crippen LogP contribution in [0.4, 0.5) is 10.1 Å².